The van der Waals surface area contributed by atoms with Crippen molar-refractivity contribution in [1.82, 2.24) is 5.32 Å². The van der Waals surface area contributed by atoms with Crippen LogP contribution in [0, 0.1) is 0 Å². The topological polar surface area (TPSA) is 58.6 Å². The average molecular weight is 222 g/mol. The maximum Gasteiger partial charge on any atom is 0.323 e. The molecule has 0 atom stereocenters. The van der Waals surface area contributed by atoms with Crippen LogP contribution >= 0.6 is 12.4 Å². The summed E-state index contributed by atoms with van der Waals surface area (Å²) in [7, 11) is 1.66. The molecule has 0 unspecified atom stereocenters. The highest BCUT2D eigenvalue weighted by atomic mass is 35.5. The molecule has 2 bridgehead atoms. The molecule has 2 heterocycles. The molecule has 5 heteroatoms. The minimum absolute atomic E-state index is 0. The molecule has 0 aliphatic carbocycles. The molecule has 0 aromatic rings. The second-order valence-electron chi connectivity index (χ2n) is 4.23. The van der Waals surface area contributed by atoms with Gasteiger partial charge in [-0.15, -0.1) is 12.4 Å². The number of carboxylic acids is 1. The zero-order chi connectivity index (χ0) is 9.53. The Hall–Kier alpha value is -0.320. The molecule has 2 N–H and O–H groups in total. The van der Waals surface area contributed by atoms with Crippen molar-refractivity contribution in [2.75, 3.05) is 13.7 Å². The second kappa shape index (κ2) is 3.68. The number of carbonyl (C=O) groups is 1. The van der Waals surface area contributed by atoms with Gasteiger partial charge < -0.3 is 9.84 Å². The lowest BCUT2D eigenvalue weighted by molar-refractivity contribution is -0.144. The molecule has 0 saturated carbocycles. The molecule has 82 valence electrons. The van der Waals surface area contributed by atoms with Gasteiger partial charge in [-0.05, 0) is 25.7 Å². The van der Waals surface area contributed by atoms with Crippen LogP contribution in [0.25, 0.3) is 0 Å². The summed E-state index contributed by atoms with van der Waals surface area (Å²) in [6, 6.07) is 0. The fourth-order valence-electron chi connectivity index (χ4n) is 2.64. The van der Waals surface area contributed by atoms with Gasteiger partial charge in [0.05, 0.1) is 6.61 Å². The van der Waals surface area contributed by atoms with E-state index >= 15 is 0 Å². The highest BCUT2D eigenvalue weighted by Gasteiger charge is 2.57. The third-order valence-corrected chi connectivity index (χ3v) is 3.40. The molecule has 4 nitrogen and oxygen atoms in total. The molecular weight excluding hydrogens is 206 g/mol. The number of methoxy groups -OCH3 is 1. The molecule has 2 aliphatic rings. The molecular formula is C9H16ClNO3. The zero-order valence-electron chi connectivity index (χ0n) is 8.21. The largest absolute Gasteiger partial charge is 0.480 e. The molecule has 0 spiro atoms. The van der Waals surface area contributed by atoms with Gasteiger partial charge in [0.15, 0.2) is 0 Å². The van der Waals surface area contributed by atoms with Crippen molar-refractivity contribution in [1.29, 1.82) is 0 Å². The summed E-state index contributed by atoms with van der Waals surface area (Å²) in [4.78, 5) is 11.0. The molecule has 2 fully saturated rings. The predicted octanol–water partition coefficient (Wildman–Crippen LogP) is 0.794. The van der Waals surface area contributed by atoms with E-state index < -0.39 is 11.5 Å². The summed E-state index contributed by atoms with van der Waals surface area (Å²) in [5.41, 5.74) is -0.689. The van der Waals surface area contributed by atoms with Gasteiger partial charge in [0.1, 0.15) is 5.54 Å². The first-order chi connectivity index (χ1) is 6.13. The van der Waals surface area contributed by atoms with Crippen molar-refractivity contribution in [2.45, 2.75) is 36.8 Å². The number of aliphatic carboxylic acids is 1. The van der Waals surface area contributed by atoms with Crippen LogP contribution in [0.2, 0.25) is 0 Å². The van der Waals surface area contributed by atoms with Crippen LogP contribution in [-0.4, -0.2) is 35.9 Å². The van der Waals surface area contributed by atoms with E-state index in [-0.39, 0.29) is 17.9 Å². The molecule has 2 aliphatic heterocycles. The van der Waals surface area contributed by atoms with Crippen LogP contribution in [0.15, 0.2) is 0 Å². The molecule has 0 aromatic heterocycles. The van der Waals surface area contributed by atoms with Crippen molar-refractivity contribution < 1.29 is 14.6 Å². The van der Waals surface area contributed by atoms with Gasteiger partial charge in [0, 0.05) is 12.6 Å². The Morgan fingerprint density at radius 1 is 1.43 bits per heavy atom. The first-order valence-electron chi connectivity index (χ1n) is 4.64. The molecule has 0 aromatic carbocycles. The van der Waals surface area contributed by atoms with Crippen molar-refractivity contribution in [3.8, 4) is 0 Å². The van der Waals surface area contributed by atoms with E-state index in [0.29, 0.717) is 6.61 Å². The van der Waals surface area contributed by atoms with E-state index in [0.717, 1.165) is 25.7 Å². The van der Waals surface area contributed by atoms with E-state index in [1.54, 1.807) is 7.11 Å². The first-order valence-corrected chi connectivity index (χ1v) is 4.64. The van der Waals surface area contributed by atoms with Crippen molar-refractivity contribution in [3.63, 3.8) is 0 Å². The summed E-state index contributed by atoms with van der Waals surface area (Å²) in [6.07, 6.45) is 3.33. The monoisotopic (exact) mass is 221 g/mol. The van der Waals surface area contributed by atoms with E-state index in [2.05, 4.69) is 5.32 Å². The molecule has 0 amide bonds. The number of halogens is 1. The number of ether oxygens (including phenoxy) is 1. The fourth-order valence-corrected chi connectivity index (χ4v) is 2.64. The van der Waals surface area contributed by atoms with Crippen LogP contribution < -0.4 is 5.32 Å². The summed E-state index contributed by atoms with van der Waals surface area (Å²) in [5.74, 6) is -0.706. The van der Waals surface area contributed by atoms with Gasteiger partial charge >= 0.3 is 5.97 Å². The number of fused-ring (bicyclic) bond motifs is 2. The molecule has 2 saturated heterocycles. The van der Waals surface area contributed by atoms with Crippen LogP contribution in [0.1, 0.15) is 25.7 Å². The zero-order valence-corrected chi connectivity index (χ0v) is 9.02. The Kier molecular flexibility index (Phi) is 3.09. The number of hydrogen-bond acceptors (Lipinski definition) is 3. The quantitative estimate of drug-likeness (QED) is 0.740. The highest BCUT2D eigenvalue weighted by Crippen LogP contribution is 2.44. The van der Waals surface area contributed by atoms with Crippen LogP contribution in [-0.2, 0) is 9.53 Å². The van der Waals surface area contributed by atoms with Gasteiger partial charge in [-0.2, -0.15) is 0 Å². The second-order valence-corrected chi connectivity index (χ2v) is 4.23. The minimum atomic E-state index is -0.706. The lowest BCUT2D eigenvalue weighted by Crippen LogP contribution is -2.49. The Balaban J connectivity index is 0.000000980. The van der Waals surface area contributed by atoms with E-state index in [1.165, 1.54) is 0 Å². The summed E-state index contributed by atoms with van der Waals surface area (Å²) >= 11 is 0. The van der Waals surface area contributed by atoms with Gasteiger partial charge in [-0.3, -0.25) is 10.1 Å². The third-order valence-electron chi connectivity index (χ3n) is 3.40. The highest BCUT2D eigenvalue weighted by molar-refractivity contribution is 5.85. The summed E-state index contributed by atoms with van der Waals surface area (Å²) < 4.78 is 5.12. The van der Waals surface area contributed by atoms with Crippen LogP contribution in [0.4, 0.5) is 0 Å². The van der Waals surface area contributed by atoms with E-state index in [1.807, 2.05) is 0 Å². The summed E-state index contributed by atoms with van der Waals surface area (Å²) in [5, 5.41) is 12.3. The first kappa shape index (κ1) is 11.8. The Morgan fingerprint density at radius 3 is 2.36 bits per heavy atom. The van der Waals surface area contributed by atoms with Crippen molar-refractivity contribution in [3.05, 3.63) is 0 Å². The lowest BCUT2D eigenvalue weighted by atomic mass is 9.82. The van der Waals surface area contributed by atoms with Gasteiger partial charge in [0.2, 0.25) is 0 Å². The maximum atomic E-state index is 11.0. The van der Waals surface area contributed by atoms with E-state index in [9.17, 15) is 4.79 Å². The van der Waals surface area contributed by atoms with Crippen molar-refractivity contribution >= 4 is 18.4 Å². The summed E-state index contributed by atoms with van der Waals surface area (Å²) in [6.45, 7) is 0.627. The molecule has 0 radical (unpaired) electrons. The number of carboxylic acid groups (broad SMARTS) is 1. The maximum absolute atomic E-state index is 11.0. The minimum Gasteiger partial charge on any atom is -0.480 e. The standard InChI is InChI=1S/C9H15NO3.ClH/c1-13-6-8-2-4-9(10-8,5-3-8)7(11)12;/h10H,2-6H2,1H3,(H,11,12);1H. The smallest absolute Gasteiger partial charge is 0.323 e. The van der Waals surface area contributed by atoms with Crippen molar-refractivity contribution in [2.24, 2.45) is 0 Å². The van der Waals surface area contributed by atoms with Crippen LogP contribution in [0.3, 0.4) is 0 Å². The van der Waals surface area contributed by atoms with Gasteiger partial charge in [0.25, 0.3) is 0 Å². The molecule has 2 rings (SSSR count). The van der Waals surface area contributed by atoms with Gasteiger partial charge in [-0.1, -0.05) is 0 Å². The number of nitrogens with one attached hydrogen (secondary N) is 1. The normalized spacial score (nSPS) is 39.5. The number of rotatable bonds is 3. The molecule has 14 heavy (non-hydrogen) atoms. The lowest BCUT2D eigenvalue weighted by Gasteiger charge is -2.24. The Morgan fingerprint density at radius 2 is 2.00 bits per heavy atom. The Labute approximate surface area is 89.4 Å². The fraction of sp³-hybridized carbons (Fsp3) is 0.889. The van der Waals surface area contributed by atoms with Crippen LogP contribution in [0.5, 0.6) is 0 Å². The Bertz CT molecular complexity index is 236. The number of hydrogen-bond donors (Lipinski definition) is 2. The predicted molar refractivity (Wildman–Crippen MR) is 53.8 cm³/mol. The SMILES string of the molecule is COCC12CCC(C(=O)O)(CC1)N2.Cl. The van der Waals surface area contributed by atoms with Gasteiger partial charge in [-0.25, -0.2) is 0 Å². The third kappa shape index (κ3) is 1.51. The van der Waals surface area contributed by atoms with E-state index in [4.69, 9.17) is 9.84 Å². The average Bonchev–Trinajstić information content (AvgIpc) is 2.61.